The third kappa shape index (κ3) is 5.91. The zero-order valence-corrected chi connectivity index (χ0v) is 15.3. The largest absolute Gasteiger partial charge is 0.497 e. The van der Waals surface area contributed by atoms with Crippen LogP contribution in [0.1, 0.15) is 17.5 Å². The number of benzene rings is 2. The maximum atomic E-state index is 5.20. The third-order valence-electron chi connectivity index (χ3n) is 3.41. The molecule has 0 unspecified atom stereocenters. The molecule has 2 aromatic rings. The number of thioether (sulfide) groups is 1. The van der Waals surface area contributed by atoms with Gasteiger partial charge < -0.3 is 4.74 Å². The van der Waals surface area contributed by atoms with Crippen molar-refractivity contribution in [1.82, 2.24) is 0 Å². The summed E-state index contributed by atoms with van der Waals surface area (Å²) in [5.74, 6) is 2.00. The van der Waals surface area contributed by atoms with Crippen molar-refractivity contribution in [2.75, 3.05) is 11.5 Å². The van der Waals surface area contributed by atoms with E-state index in [0.29, 0.717) is 5.25 Å². The molecule has 0 aliphatic rings. The first kappa shape index (κ1) is 16.7. The fourth-order valence-corrected chi connectivity index (χ4v) is 4.31. The molecule has 1 nitrogen and oxygen atoms in total. The molecule has 0 aromatic heterocycles. The van der Waals surface area contributed by atoms with Crippen molar-refractivity contribution in [2.24, 2.45) is 0 Å². The molecule has 0 radical (unpaired) electrons. The summed E-state index contributed by atoms with van der Waals surface area (Å²) >= 11 is 4.56. The summed E-state index contributed by atoms with van der Waals surface area (Å²) in [5.41, 5.74) is 2.81. The molecule has 0 saturated carbocycles. The first-order chi connectivity index (χ1) is 10.3. The van der Waals surface area contributed by atoms with Gasteiger partial charge in [0.1, 0.15) is 5.75 Å². The van der Waals surface area contributed by atoms with Crippen LogP contribution < -0.4 is 4.74 Å². The molecule has 0 aliphatic heterocycles. The number of methoxy groups -OCH3 is 1. The van der Waals surface area contributed by atoms with Gasteiger partial charge in [0.05, 0.1) is 7.11 Å². The number of alkyl halides is 1. The predicted molar refractivity (Wildman–Crippen MR) is 102 cm³/mol. The zero-order chi connectivity index (χ0) is 14.9. The summed E-state index contributed by atoms with van der Waals surface area (Å²) in [6.45, 7) is 0. The van der Waals surface area contributed by atoms with Crippen LogP contribution in [0.2, 0.25) is 0 Å². The topological polar surface area (TPSA) is 9.23 Å². The fourth-order valence-electron chi connectivity index (χ4n) is 2.11. The highest BCUT2D eigenvalue weighted by Crippen LogP contribution is 2.24. The Morgan fingerprint density at radius 1 is 1.00 bits per heavy atom. The van der Waals surface area contributed by atoms with Crippen molar-refractivity contribution in [1.29, 1.82) is 0 Å². The molecule has 0 bridgehead atoms. The van der Waals surface area contributed by atoms with Gasteiger partial charge in [-0.3, -0.25) is 0 Å². The van der Waals surface area contributed by atoms with E-state index >= 15 is 0 Å². The molecule has 0 aliphatic carbocycles. The third-order valence-corrected chi connectivity index (χ3v) is 6.45. The summed E-state index contributed by atoms with van der Waals surface area (Å²) in [6, 6.07) is 19.2. The monoisotopic (exact) mass is 412 g/mol. The lowest BCUT2D eigenvalue weighted by molar-refractivity contribution is 0.414. The maximum absolute atomic E-state index is 5.20. The predicted octanol–water partition coefficient (Wildman–Crippen LogP) is 5.36. The van der Waals surface area contributed by atoms with Gasteiger partial charge in [-0.05, 0) is 36.1 Å². The molecular formula is C18H21IOS. The van der Waals surface area contributed by atoms with Gasteiger partial charge in [0, 0.05) is 15.4 Å². The quantitative estimate of drug-likeness (QED) is 0.426. The summed E-state index contributed by atoms with van der Waals surface area (Å²) in [6.07, 6.45) is 2.41. The molecular weight excluding hydrogens is 391 g/mol. The van der Waals surface area contributed by atoms with E-state index in [2.05, 4.69) is 76.8 Å². The first-order valence-corrected chi connectivity index (χ1v) is 9.73. The van der Waals surface area contributed by atoms with Crippen molar-refractivity contribution < 1.29 is 4.74 Å². The van der Waals surface area contributed by atoms with Gasteiger partial charge in [-0.15, -0.1) is 0 Å². The molecule has 2 aromatic carbocycles. The minimum Gasteiger partial charge on any atom is -0.497 e. The molecule has 0 spiro atoms. The normalized spacial score (nSPS) is 12.1. The lowest BCUT2D eigenvalue weighted by atomic mass is 10.1. The van der Waals surface area contributed by atoms with Crippen molar-refractivity contribution >= 4 is 34.4 Å². The molecule has 0 fully saturated rings. The van der Waals surface area contributed by atoms with E-state index in [9.17, 15) is 0 Å². The molecule has 21 heavy (non-hydrogen) atoms. The van der Waals surface area contributed by atoms with Crippen LogP contribution in [0.25, 0.3) is 0 Å². The number of rotatable bonds is 8. The molecule has 112 valence electrons. The van der Waals surface area contributed by atoms with E-state index in [1.54, 1.807) is 7.11 Å². The van der Waals surface area contributed by atoms with Crippen molar-refractivity contribution in [3.05, 3.63) is 65.7 Å². The van der Waals surface area contributed by atoms with Crippen LogP contribution in [0.4, 0.5) is 0 Å². The highest BCUT2D eigenvalue weighted by atomic mass is 127. The smallest absolute Gasteiger partial charge is 0.118 e. The molecule has 0 N–H and O–H groups in total. The van der Waals surface area contributed by atoms with Crippen molar-refractivity contribution in [3.8, 4) is 5.75 Å². The average Bonchev–Trinajstić information content (AvgIpc) is 2.56. The van der Waals surface area contributed by atoms with Crippen LogP contribution in [0, 0.1) is 0 Å². The Kier molecular flexibility index (Phi) is 7.44. The Hall–Kier alpha value is -0.680. The van der Waals surface area contributed by atoms with E-state index in [1.807, 2.05) is 12.1 Å². The minimum atomic E-state index is 0.716. The Bertz CT molecular complexity index is 513. The van der Waals surface area contributed by atoms with E-state index in [1.165, 1.54) is 28.4 Å². The van der Waals surface area contributed by atoms with Gasteiger partial charge in [-0.2, -0.15) is 11.8 Å². The second kappa shape index (κ2) is 9.36. The van der Waals surface area contributed by atoms with Crippen molar-refractivity contribution in [3.63, 3.8) is 0 Å². The average molecular weight is 412 g/mol. The number of aryl methyl sites for hydroxylation is 1. The number of hydrogen-bond acceptors (Lipinski definition) is 2. The molecule has 0 heterocycles. The fraction of sp³-hybridized carbons (Fsp3) is 0.333. The number of ether oxygens (including phenoxy) is 1. The van der Waals surface area contributed by atoms with E-state index in [4.69, 9.17) is 4.74 Å². The summed E-state index contributed by atoms with van der Waals surface area (Å²) < 4.78 is 6.40. The summed E-state index contributed by atoms with van der Waals surface area (Å²) in [4.78, 5) is 0. The molecule has 1 atom stereocenters. The van der Waals surface area contributed by atoms with Gasteiger partial charge in [0.15, 0.2) is 0 Å². The van der Waals surface area contributed by atoms with Gasteiger partial charge >= 0.3 is 0 Å². The lowest BCUT2D eigenvalue weighted by Gasteiger charge is -2.14. The van der Waals surface area contributed by atoms with Gasteiger partial charge in [-0.25, -0.2) is 0 Å². The minimum absolute atomic E-state index is 0.716. The second-order valence-electron chi connectivity index (χ2n) is 4.96. The molecule has 0 amide bonds. The van der Waals surface area contributed by atoms with Gasteiger partial charge in [0.25, 0.3) is 0 Å². The highest BCUT2D eigenvalue weighted by molar-refractivity contribution is 14.1. The second-order valence-corrected chi connectivity index (χ2v) is 7.13. The van der Waals surface area contributed by atoms with Crippen LogP contribution in [0.15, 0.2) is 54.6 Å². The van der Waals surface area contributed by atoms with Crippen LogP contribution in [-0.2, 0) is 12.2 Å². The maximum Gasteiger partial charge on any atom is 0.118 e. The van der Waals surface area contributed by atoms with E-state index in [0.717, 1.165) is 11.5 Å². The molecule has 3 heteroatoms. The van der Waals surface area contributed by atoms with Gasteiger partial charge in [0.2, 0.25) is 0 Å². The lowest BCUT2D eigenvalue weighted by Crippen LogP contribution is -2.06. The number of halogens is 1. The molecule has 0 saturated heterocycles. The Labute approximate surface area is 145 Å². The molecule has 2 rings (SSSR count). The highest BCUT2D eigenvalue weighted by Gasteiger charge is 2.08. The number of hydrogen-bond donors (Lipinski definition) is 0. The zero-order valence-electron chi connectivity index (χ0n) is 12.3. The summed E-state index contributed by atoms with van der Waals surface area (Å²) in [7, 11) is 1.71. The van der Waals surface area contributed by atoms with Crippen molar-refractivity contribution in [2.45, 2.75) is 23.8 Å². The van der Waals surface area contributed by atoms with Crippen LogP contribution in [-0.4, -0.2) is 16.8 Å². The van der Waals surface area contributed by atoms with Gasteiger partial charge in [-0.1, -0.05) is 65.1 Å². The van der Waals surface area contributed by atoms with Crippen LogP contribution >= 0.6 is 34.4 Å². The SMILES string of the molecule is COc1ccc(CS[C@H](CI)CCc2ccccc2)cc1. The first-order valence-electron chi connectivity index (χ1n) is 7.16. The Balaban J connectivity index is 1.79. The standard InChI is InChI=1S/C18H21IOS/c1-20-17-10-7-16(8-11-17)14-21-18(13-19)12-9-15-5-3-2-4-6-15/h2-8,10-11,18H,9,12-14H2,1H3/t18-/m0/s1. The van der Waals surface area contributed by atoms with E-state index < -0.39 is 0 Å². The van der Waals surface area contributed by atoms with E-state index in [-0.39, 0.29) is 0 Å². The summed E-state index contributed by atoms with van der Waals surface area (Å²) in [5, 5.41) is 0.716. The van der Waals surface area contributed by atoms with Crippen LogP contribution in [0.5, 0.6) is 5.75 Å². The van der Waals surface area contributed by atoms with Crippen LogP contribution in [0.3, 0.4) is 0 Å². The Morgan fingerprint density at radius 2 is 1.71 bits per heavy atom. The Morgan fingerprint density at radius 3 is 2.33 bits per heavy atom.